The van der Waals surface area contributed by atoms with Gasteiger partial charge in [-0.15, -0.1) is 0 Å². The van der Waals surface area contributed by atoms with Gasteiger partial charge in [0.05, 0.1) is 26.1 Å². The number of hydrogen-bond donors (Lipinski definition) is 2. The SMILES string of the molecule is COc1ccc(CN2C[C@@H](CO)O[C@@H](n3cnc4c(NCCN(C)C)ncnc43)C2)cc1. The van der Waals surface area contributed by atoms with Crippen molar-refractivity contribution in [1.29, 1.82) is 0 Å². The summed E-state index contributed by atoms with van der Waals surface area (Å²) in [7, 11) is 5.72. The van der Waals surface area contributed by atoms with Gasteiger partial charge in [-0.3, -0.25) is 9.47 Å². The highest BCUT2D eigenvalue weighted by atomic mass is 16.5. The maximum absolute atomic E-state index is 9.83. The molecule has 2 N–H and O–H groups in total. The molecule has 0 unspecified atom stereocenters. The smallest absolute Gasteiger partial charge is 0.167 e. The number of ether oxygens (including phenoxy) is 2. The van der Waals surface area contributed by atoms with Gasteiger partial charge >= 0.3 is 0 Å². The van der Waals surface area contributed by atoms with Gasteiger partial charge in [-0.2, -0.15) is 0 Å². The summed E-state index contributed by atoms with van der Waals surface area (Å²) < 4.78 is 13.3. The Labute approximate surface area is 187 Å². The van der Waals surface area contributed by atoms with Gasteiger partial charge in [0.15, 0.2) is 17.0 Å². The number of aliphatic hydroxyl groups excluding tert-OH is 1. The number of aromatic nitrogens is 4. The number of likely N-dealkylation sites (N-methyl/N-ethyl adjacent to an activating group) is 1. The van der Waals surface area contributed by atoms with Gasteiger partial charge < -0.3 is 24.8 Å². The lowest BCUT2D eigenvalue weighted by molar-refractivity contribution is -0.135. The second kappa shape index (κ2) is 10.2. The zero-order chi connectivity index (χ0) is 22.5. The second-order valence-corrected chi connectivity index (χ2v) is 8.21. The first-order chi connectivity index (χ1) is 15.6. The van der Waals surface area contributed by atoms with Gasteiger partial charge in [0.2, 0.25) is 0 Å². The van der Waals surface area contributed by atoms with Gasteiger partial charge in [0, 0.05) is 32.7 Å². The molecule has 10 nitrogen and oxygen atoms in total. The predicted molar refractivity (Wildman–Crippen MR) is 122 cm³/mol. The van der Waals surface area contributed by atoms with Crippen molar-refractivity contribution in [1.82, 2.24) is 29.3 Å². The minimum Gasteiger partial charge on any atom is -0.497 e. The summed E-state index contributed by atoms with van der Waals surface area (Å²) in [6.45, 7) is 3.65. The van der Waals surface area contributed by atoms with E-state index in [9.17, 15) is 5.11 Å². The minimum atomic E-state index is -0.311. The molecular formula is C22H31N7O3. The third kappa shape index (κ3) is 5.16. The molecule has 1 fully saturated rings. The van der Waals surface area contributed by atoms with E-state index in [1.54, 1.807) is 19.8 Å². The Balaban J connectivity index is 1.52. The number of nitrogens with one attached hydrogen (secondary N) is 1. The molecule has 0 amide bonds. The lowest BCUT2D eigenvalue weighted by Gasteiger charge is -2.38. The molecule has 2 atom stereocenters. The maximum Gasteiger partial charge on any atom is 0.167 e. The molecule has 172 valence electrons. The van der Waals surface area contributed by atoms with Gasteiger partial charge in [-0.05, 0) is 31.8 Å². The van der Waals surface area contributed by atoms with Gasteiger partial charge in [0.25, 0.3) is 0 Å². The maximum atomic E-state index is 9.83. The number of anilines is 1. The van der Waals surface area contributed by atoms with Crippen LogP contribution < -0.4 is 10.1 Å². The van der Waals surface area contributed by atoms with Gasteiger partial charge in [0.1, 0.15) is 18.3 Å². The molecule has 0 radical (unpaired) electrons. The van der Waals surface area contributed by atoms with Crippen LogP contribution in [0.3, 0.4) is 0 Å². The molecular weight excluding hydrogens is 410 g/mol. The fourth-order valence-corrected chi connectivity index (χ4v) is 3.85. The molecule has 1 aliphatic rings. The third-order valence-electron chi connectivity index (χ3n) is 5.52. The largest absolute Gasteiger partial charge is 0.497 e. The van der Waals surface area contributed by atoms with E-state index >= 15 is 0 Å². The summed E-state index contributed by atoms with van der Waals surface area (Å²) in [6.07, 6.45) is 2.68. The first-order valence-electron chi connectivity index (χ1n) is 10.7. The number of benzene rings is 1. The van der Waals surface area contributed by atoms with Crippen LogP contribution in [0, 0.1) is 0 Å². The Kier molecular flexibility index (Phi) is 7.15. The number of fused-ring (bicyclic) bond motifs is 1. The average Bonchev–Trinajstić information content (AvgIpc) is 3.24. The third-order valence-corrected chi connectivity index (χ3v) is 5.52. The summed E-state index contributed by atoms with van der Waals surface area (Å²) in [4.78, 5) is 17.8. The Bertz CT molecular complexity index is 1010. The molecule has 10 heteroatoms. The number of imidazole rings is 1. The Morgan fingerprint density at radius 2 is 2.00 bits per heavy atom. The average molecular weight is 442 g/mol. The Morgan fingerprint density at radius 3 is 2.72 bits per heavy atom. The van der Waals surface area contributed by atoms with Crippen LogP contribution in [0.4, 0.5) is 5.82 Å². The van der Waals surface area contributed by atoms with E-state index in [1.807, 2.05) is 30.8 Å². The highest BCUT2D eigenvalue weighted by Crippen LogP contribution is 2.26. The summed E-state index contributed by atoms with van der Waals surface area (Å²) >= 11 is 0. The van der Waals surface area contributed by atoms with Crippen molar-refractivity contribution in [3.8, 4) is 5.75 Å². The molecule has 1 saturated heterocycles. The monoisotopic (exact) mass is 441 g/mol. The second-order valence-electron chi connectivity index (χ2n) is 8.21. The molecule has 0 bridgehead atoms. The van der Waals surface area contributed by atoms with Crippen LogP contribution in [0.15, 0.2) is 36.9 Å². The molecule has 0 saturated carbocycles. The van der Waals surface area contributed by atoms with Crippen molar-refractivity contribution in [2.75, 3.05) is 59.3 Å². The summed E-state index contributed by atoms with van der Waals surface area (Å²) in [5.41, 5.74) is 2.59. The van der Waals surface area contributed by atoms with Crippen molar-refractivity contribution in [2.24, 2.45) is 0 Å². The Morgan fingerprint density at radius 1 is 1.19 bits per heavy atom. The van der Waals surface area contributed by atoms with E-state index in [-0.39, 0.29) is 18.9 Å². The number of aliphatic hydroxyl groups is 1. The molecule has 0 spiro atoms. The number of nitrogens with zero attached hydrogens (tertiary/aromatic N) is 6. The van der Waals surface area contributed by atoms with Crippen LogP contribution in [0.1, 0.15) is 11.8 Å². The molecule has 1 aliphatic heterocycles. The van der Waals surface area contributed by atoms with Crippen LogP contribution in [-0.4, -0.2) is 94.5 Å². The lowest BCUT2D eigenvalue weighted by Crippen LogP contribution is -2.46. The molecule has 3 heterocycles. The Hall–Kier alpha value is -2.79. The minimum absolute atomic E-state index is 0.0471. The highest BCUT2D eigenvalue weighted by molar-refractivity contribution is 5.82. The zero-order valence-electron chi connectivity index (χ0n) is 18.8. The number of hydrogen-bond acceptors (Lipinski definition) is 9. The van der Waals surface area contributed by atoms with Gasteiger partial charge in [-0.25, -0.2) is 15.0 Å². The van der Waals surface area contributed by atoms with Gasteiger partial charge in [-0.1, -0.05) is 12.1 Å². The van der Waals surface area contributed by atoms with Crippen LogP contribution in [0.5, 0.6) is 5.75 Å². The standard InChI is InChI=1S/C22H31N7O3/c1-27(2)9-8-23-21-20-22(25-14-24-21)29(15-26-20)19-12-28(11-18(13-30)32-19)10-16-4-6-17(31-3)7-5-16/h4-7,14-15,18-19,30H,8-13H2,1-3H3,(H,23,24,25)/t18-,19+/m0/s1. The predicted octanol–water partition coefficient (Wildman–Crippen LogP) is 1.20. The van der Waals surface area contributed by atoms with Crippen LogP contribution in [-0.2, 0) is 11.3 Å². The van der Waals surface area contributed by atoms with E-state index in [1.165, 1.54) is 5.56 Å². The normalized spacial score (nSPS) is 19.5. The van der Waals surface area contributed by atoms with E-state index in [4.69, 9.17) is 9.47 Å². The zero-order valence-corrected chi connectivity index (χ0v) is 18.8. The topological polar surface area (TPSA) is 101 Å². The van der Waals surface area contributed by atoms with Crippen LogP contribution in [0.2, 0.25) is 0 Å². The van der Waals surface area contributed by atoms with Crippen molar-refractivity contribution in [3.63, 3.8) is 0 Å². The lowest BCUT2D eigenvalue weighted by atomic mass is 10.1. The van der Waals surface area contributed by atoms with E-state index in [0.717, 1.165) is 25.4 Å². The summed E-state index contributed by atoms with van der Waals surface area (Å²) in [5.74, 6) is 1.54. The molecule has 1 aromatic carbocycles. The van der Waals surface area contributed by atoms with Crippen molar-refractivity contribution in [3.05, 3.63) is 42.5 Å². The number of morpholine rings is 1. The van der Waals surface area contributed by atoms with E-state index in [2.05, 4.69) is 42.2 Å². The number of methoxy groups -OCH3 is 1. The molecule has 3 aromatic rings. The molecule has 2 aromatic heterocycles. The summed E-state index contributed by atoms with van der Waals surface area (Å²) in [5, 5.41) is 13.2. The molecule has 32 heavy (non-hydrogen) atoms. The quantitative estimate of drug-likeness (QED) is 0.507. The van der Waals surface area contributed by atoms with E-state index < -0.39 is 0 Å². The molecule has 0 aliphatic carbocycles. The fourth-order valence-electron chi connectivity index (χ4n) is 3.85. The van der Waals surface area contributed by atoms with Crippen LogP contribution in [0.25, 0.3) is 11.2 Å². The number of rotatable bonds is 9. The molecule has 4 rings (SSSR count). The van der Waals surface area contributed by atoms with Crippen molar-refractivity contribution < 1.29 is 14.6 Å². The van der Waals surface area contributed by atoms with E-state index in [0.29, 0.717) is 30.1 Å². The van der Waals surface area contributed by atoms with Crippen molar-refractivity contribution in [2.45, 2.75) is 18.9 Å². The fraction of sp³-hybridized carbons (Fsp3) is 0.500. The van der Waals surface area contributed by atoms with Crippen molar-refractivity contribution >= 4 is 17.0 Å². The van der Waals surface area contributed by atoms with Crippen LogP contribution >= 0.6 is 0 Å². The first-order valence-corrected chi connectivity index (χ1v) is 10.7. The first kappa shape index (κ1) is 22.4. The highest BCUT2D eigenvalue weighted by Gasteiger charge is 2.30. The summed E-state index contributed by atoms with van der Waals surface area (Å²) in [6, 6.07) is 8.04.